The molecule has 1 saturated heterocycles. The van der Waals surface area contributed by atoms with Crippen LogP contribution >= 0.6 is 11.8 Å². The summed E-state index contributed by atoms with van der Waals surface area (Å²) in [5.74, 6) is -0.840. The van der Waals surface area contributed by atoms with Crippen LogP contribution in [0.15, 0.2) is 53.4 Å². The van der Waals surface area contributed by atoms with E-state index >= 15 is 0 Å². The first-order chi connectivity index (χ1) is 13.7. The van der Waals surface area contributed by atoms with Gasteiger partial charge >= 0.3 is 5.51 Å². The van der Waals surface area contributed by atoms with Gasteiger partial charge in [0.2, 0.25) is 5.91 Å². The molecule has 0 bridgehead atoms. The van der Waals surface area contributed by atoms with Crippen LogP contribution in [-0.4, -0.2) is 30.4 Å². The predicted octanol–water partition coefficient (Wildman–Crippen LogP) is 4.25. The summed E-state index contributed by atoms with van der Waals surface area (Å²) in [6.45, 7) is 1.29. The van der Waals surface area contributed by atoms with E-state index in [1.54, 1.807) is 12.1 Å². The highest BCUT2D eigenvalue weighted by atomic mass is 32.2. The number of piperidine rings is 1. The SMILES string of the molecule is NC(=O)C1CCN(c2ccccc2NC(=O)c2ccc(SC(F)(F)F)cc2)CC1. The predicted molar refractivity (Wildman–Crippen MR) is 107 cm³/mol. The normalized spacial score (nSPS) is 15.2. The molecule has 1 fully saturated rings. The Labute approximate surface area is 170 Å². The molecule has 2 aromatic rings. The first-order valence-electron chi connectivity index (χ1n) is 9.03. The highest BCUT2D eigenvalue weighted by Gasteiger charge is 2.29. The van der Waals surface area contributed by atoms with Gasteiger partial charge in [0.05, 0.1) is 11.4 Å². The zero-order valence-electron chi connectivity index (χ0n) is 15.4. The maximum absolute atomic E-state index is 12.6. The quantitative estimate of drug-likeness (QED) is 0.705. The van der Waals surface area contributed by atoms with E-state index in [0.717, 1.165) is 5.69 Å². The summed E-state index contributed by atoms with van der Waals surface area (Å²) < 4.78 is 37.3. The number of anilines is 2. The van der Waals surface area contributed by atoms with Crippen LogP contribution in [0, 0.1) is 5.92 Å². The average Bonchev–Trinajstić information content (AvgIpc) is 2.68. The van der Waals surface area contributed by atoms with Gasteiger partial charge in [0.25, 0.3) is 5.91 Å². The van der Waals surface area contributed by atoms with Gasteiger partial charge in [0.15, 0.2) is 0 Å². The van der Waals surface area contributed by atoms with Crippen molar-refractivity contribution in [3.8, 4) is 0 Å². The fourth-order valence-electron chi connectivity index (χ4n) is 3.26. The Morgan fingerprint density at radius 3 is 2.24 bits per heavy atom. The van der Waals surface area contributed by atoms with Crippen LogP contribution in [0.4, 0.5) is 24.5 Å². The lowest BCUT2D eigenvalue weighted by Gasteiger charge is -2.33. The maximum Gasteiger partial charge on any atom is 0.446 e. The minimum Gasteiger partial charge on any atom is -0.370 e. The number of amides is 2. The highest BCUT2D eigenvalue weighted by Crippen LogP contribution is 2.37. The lowest BCUT2D eigenvalue weighted by Crippen LogP contribution is -2.38. The van der Waals surface area contributed by atoms with Crippen LogP contribution in [-0.2, 0) is 4.79 Å². The average molecular weight is 423 g/mol. The van der Waals surface area contributed by atoms with Gasteiger partial charge in [0.1, 0.15) is 0 Å². The minimum atomic E-state index is -4.37. The van der Waals surface area contributed by atoms with Gasteiger partial charge in [-0.1, -0.05) is 12.1 Å². The van der Waals surface area contributed by atoms with Crippen molar-refractivity contribution in [1.29, 1.82) is 0 Å². The van der Waals surface area contributed by atoms with E-state index in [1.165, 1.54) is 24.3 Å². The monoisotopic (exact) mass is 423 g/mol. The molecule has 0 aromatic heterocycles. The highest BCUT2D eigenvalue weighted by molar-refractivity contribution is 8.00. The van der Waals surface area contributed by atoms with E-state index in [1.807, 2.05) is 12.1 Å². The molecule has 1 aliphatic rings. The van der Waals surface area contributed by atoms with Crippen LogP contribution in [0.5, 0.6) is 0 Å². The number of nitrogens with one attached hydrogen (secondary N) is 1. The first kappa shape index (κ1) is 21.0. The van der Waals surface area contributed by atoms with Crippen molar-refractivity contribution in [1.82, 2.24) is 0 Å². The number of nitrogens with zero attached hydrogens (tertiary/aromatic N) is 1. The Kier molecular flexibility index (Phi) is 6.36. The van der Waals surface area contributed by atoms with Crippen molar-refractivity contribution in [2.45, 2.75) is 23.2 Å². The Bertz CT molecular complexity index is 879. The molecule has 9 heteroatoms. The summed E-state index contributed by atoms with van der Waals surface area (Å²) in [4.78, 5) is 26.0. The van der Waals surface area contributed by atoms with Gasteiger partial charge in [-0.05, 0) is 61.0 Å². The van der Waals surface area contributed by atoms with Crippen molar-refractivity contribution in [2.24, 2.45) is 11.7 Å². The van der Waals surface area contributed by atoms with Gasteiger partial charge in [-0.2, -0.15) is 13.2 Å². The van der Waals surface area contributed by atoms with E-state index in [9.17, 15) is 22.8 Å². The van der Waals surface area contributed by atoms with E-state index in [-0.39, 0.29) is 34.0 Å². The number of thioether (sulfide) groups is 1. The topological polar surface area (TPSA) is 75.4 Å². The maximum atomic E-state index is 12.6. The summed E-state index contributed by atoms with van der Waals surface area (Å²) >= 11 is -0.223. The molecule has 0 unspecified atom stereocenters. The minimum absolute atomic E-state index is 0.0202. The molecule has 1 heterocycles. The third-order valence-electron chi connectivity index (χ3n) is 4.74. The number of para-hydroxylation sites is 2. The molecule has 0 saturated carbocycles. The van der Waals surface area contributed by atoms with Crippen LogP contribution < -0.4 is 16.0 Å². The van der Waals surface area contributed by atoms with E-state index in [2.05, 4.69) is 10.2 Å². The number of hydrogen-bond acceptors (Lipinski definition) is 4. The standard InChI is InChI=1S/C20H20F3N3O2S/c21-20(22,23)29-15-7-5-14(6-8-15)19(28)25-16-3-1-2-4-17(16)26-11-9-13(10-12-26)18(24)27/h1-8,13H,9-12H2,(H2,24,27)(H,25,28). The van der Waals surface area contributed by atoms with Crippen LogP contribution in [0.2, 0.25) is 0 Å². The van der Waals surface area contributed by atoms with Crippen molar-refractivity contribution in [3.63, 3.8) is 0 Å². The van der Waals surface area contributed by atoms with Crippen molar-refractivity contribution < 1.29 is 22.8 Å². The van der Waals surface area contributed by atoms with Gasteiger partial charge in [-0.3, -0.25) is 9.59 Å². The molecule has 2 amide bonds. The molecule has 29 heavy (non-hydrogen) atoms. The number of halogens is 3. The first-order valence-corrected chi connectivity index (χ1v) is 9.85. The number of rotatable bonds is 5. The lowest BCUT2D eigenvalue weighted by molar-refractivity contribution is -0.122. The third-order valence-corrected chi connectivity index (χ3v) is 5.48. The molecule has 3 N–H and O–H groups in total. The van der Waals surface area contributed by atoms with Crippen molar-refractivity contribution in [3.05, 3.63) is 54.1 Å². The van der Waals surface area contributed by atoms with Gasteiger partial charge in [0, 0.05) is 29.5 Å². The van der Waals surface area contributed by atoms with Crippen molar-refractivity contribution in [2.75, 3.05) is 23.3 Å². The molecule has 1 aliphatic heterocycles. The summed E-state index contributed by atoms with van der Waals surface area (Å²) in [5, 5.41) is 2.82. The molecule has 0 atom stereocenters. The summed E-state index contributed by atoms with van der Waals surface area (Å²) in [5.41, 5.74) is 2.70. The Morgan fingerprint density at radius 2 is 1.66 bits per heavy atom. The molecule has 2 aromatic carbocycles. The zero-order chi connectivity index (χ0) is 21.0. The molecule has 0 aliphatic carbocycles. The number of primary amides is 1. The summed E-state index contributed by atoms with van der Waals surface area (Å²) in [6, 6.07) is 12.6. The molecule has 154 valence electrons. The van der Waals surface area contributed by atoms with Gasteiger partial charge < -0.3 is 16.0 Å². The Balaban J connectivity index is 1.69. The van der Waals surface area contributed by atoms with E-state index in [0.29, 0.717) is 31.6 Å². The van der Waals surface area contributed by atoms with Crippen LogP contribution in [0.1, 0.15) is 23.2 Å². The summed E-state index contributed by atoms with van der Waals surface area (Å²) in [6.07, 6.45) is 1.30. The molecular formula is C20H20F3N3O2S. The van der Waals surface area contributed by atoms with Crippen molar-refractivity contribution >= 4 is 35.0 Å². The fourth-order valence-corrected chi connectivity index (χ4v) is 3.80. The molecule has 5 nitrogen and oxygen atoms in total. The molecule has 0 spiro atoms. The number of hydrogen-bond donors (Lipinski definition) is 2. The third kappa shape index (κ3) is 5.66. The number of benzene rings is 2. The second-order valence-electron chi connectivity index (χ2n) is 6.71. The fraction of sp³-hybridized carbons (Fsp3) is 0.300. The van der Waals surface area contributed by atoms with Crippen LogP contribution in [0.25, 0.3) is 0 Å². The zero-order valence-corrected chi connectivity index (χ0v) is 16.2. The van der Waals surface area contributed by atoms with E-state index in [4.69, 9.17) is 5.73 Å². The number of nitrogens with two attached hydrogens (primary N) is 1. The number of alkyl halides is 3. The number of carbonyl (C=O) groups excluding carboxylic acids is 2. The number of carbonyl (C=O) groups is 2. The van der Waals surface area contributed by atoms with Gasteiger partial charge in [-0.25, -0.2) is 0 Å². The molecule has 3 rings (SSSR count). The molecule has 0 radical (unpaired) electrons. The van der Waals surface area contributed by atoms with E-state index < -0.39 is 11.4 Å². The van der Waals surface area contributed by atoms with Gasteiger partial charge in [-0.15, -0.1) is 0 Å². The Morgan fingerprint density at radius 1 is 1.03 bits per heavy atom. The smallest absolute Gasteiger partial charge is 0.370 e. The Hall–Kier alpha value is -2.68. The second kappa shape index (κ2) is 8.77. The largest absolute Gasteiger partial charge is 0.446 e. The molecular weight excluding hydrogens is 403 g/mol. The lowest BCUT2D eigenvalue weighted by atomic mass is 9.96. The van der Waals surface area contributed by atoms with Crippen LogP contribution in [0.3, 0.4) is 0 Å². The summed E-state index contributed by atoms with van der Waals surface area (Å²) in [7, 11) is 0. The second-order valence-corrected chi connectivity index (χ2v) is 7.85.